The molecule has 3 aromatic rings. The molecule has 2 heteroatoms. The molecule has 0 aliphatic heterocycles. The van der Waals surface area contributed by atoms with Crippen molar-refractivity contribution in [3.8, 4) is 0 Å². The number of ether oxygens (including phenoxy) is 2. The highest BCUT2D eigenvalue weighted by Gasteiger charge is 2.07. The highest BCUT2D eigenvalue weighted by atomic mass is 16.5. The molecule has 0 saturated carbocycles. The van der Waals surface area contributed by atoms with Crippen LogP contribution in [0.4, 0.5) is 0 Å². The lowest BCUT2D eigenvalue weighted by Gasteiger charge is -2.12. The molecule has 120 valence electrons. The molecule has 23 heavy (non-hydrogen) atoms. The summed E-state index contributed by atoms with van der Waals surface area (Å²) in [6.45, 7) is 7.00. The number of hydrogen-bond acceptors (Lipinski definition) is 2. The van der Waals surface area contributed by atoms with Gasteiger partial charge in [-0.25, -0.2) is 0 Å². The van der Waals surface area contributed by atoms with Crippen molar-refractivity contribution in [3.05, 3.63) is 60.2 Å². The van der Waals surface area contributed by atoms with Gasteiger partial charge < -0.3 is 9.47 Å². The maximum absolute atomic E-state index is 5.89. The summed E-state index contributed by atoms with van der Waals surface area (Å²) >= 11 is 0. The Balaban J connectivity index is 1.77. The summed E-state index contributed by atoms with van der Waals surface area (Å²) in [5, 5.41) is 5.07. The van der Waals surface area contributed by atoms with E-state index < -0.39 is 0 Å². The fourth-order valence-corrected chi connectivity index (χ4v) is 2.87. The summed E-state index contributed by atoms with van der Waals surface area (Å²) in [5.74, 6) is 0.567. The predicted octanol–water partition coefficient (Wildman–Crippen LogP) is 5.18. The maximum atomic E-state index is 5.89. The Hall–Kier alpha value is -1.90. The summed E-state index contributed by atoms with van der Waals surface area (Å²) < 4.78 is 11.5. The molecular formula is C21H24O2. The summed E-state index contributed by atoms with van der Waals surface area (Å²) in [5.41, 5.74) is 1.27. The molecule has 0 atom stereocenters. The van der Waals surface area contributed by atoms with Crippen molar-refractivity contribution in [2.75, 3.05) is 19.8 Å². The minimum absolute atomic E-state index is 0.567. The van der Waals surface area contributed by atoms with Crippen molar-refractivity contribution >= 4 is 21.5 Å². The quantitative estimate of drug-likeness (QED) is 0.442. The first-order chi connectivity index (χ1) is 11.3. The van der Waals surface area contributed by atoms with E-state index in [1.807, 2.05) is 0 Å². The fourth-order valence-electron chi connectivity index (χ4n) is 2.87. The second-order valence-electron chi connectivity index (χ2n) is 6.32. The minimum atomic E-state index is 0.567. The normalized spacial score (nSPS) is 11.6. The first-order valence-corrected chi connectivity index (χ1v) is 8.30. The van der Waals surface area contributed by atoms with E-state index in [2.05, 4.69) is 68.4 Å². The monoisotopic (exact) mass is 308 g/mol. The average molecular weight is 308 g/mol. The SMILES string of the molecule is CC(C)COCCOCc1c2ccccc2cc2ccccc12. The van der Waals surface area contributed by atoms with Gasteiger partial charge in [-0.1, -0.05) is 62.4 Å². The van der Waals surface area contributed by atoms with Crippen LogP contribution in [0.1, 0.15) is 19.4 Å². The Labute approximate surface area is 138 Å². The summed E-state index contributed by atoms with van der Waals surface area (Å²) in [4.78, 5) is 0. The Morgan fingerprint density at radius 1 is 0.783 bits per heavy atom. The second-order valence-corrected chi connectivity index (χ2v) is 6.32. The van der Waals surface area contributed by atoms with E-state index >= 15 is 0 Å². The molecule has 2 nitrogen and oxygen atoms in total. The molecule has 3 rings (SSSR count). The third-order valence-electron chi connectivity index (χ3n) is 3.95. The minimum Gasteiger partial charge on any atom is -0.379 e. The molecule has 0 bridgehead atoms. The van der Waals surface area contributed by atoms with Gasteiger partial charge in [0.25, 0.3) is 0 Å². The Bertz CT molecular complexity index is 723. The van der Waals surface area contributed by atoms with Crippen LogP contribution >= 0.6 is 0 Å². The maximum Gasteiger partial charge on any atom is 0.0730 e. The molecule has 0 spiro atoms. The second kappa shape index (κ2) is 7.58. The van der Waals surface area contributed by atoms with Crippen LogP contribution in [0.3, 0.4) is 0 Å². The van der Waals surface area contributed by atoms with Gasteiger partial charge in [-0.3, -0.25) is 0 Å². The number of rotatable bonds is 7. The van der Waals surface area contributed by atoms with Crippen molar-refractivity contribution in [2.45, 2.75) is 20.5 Å². The van der Waals surface area contributed by atoms with E-state index in [-0.39, 0.29) is 0 Å². The van der Waals surface area contributed by atoms with Gasteiger partial charge in [0.05, 0.1) is 19.8 Å². The summed E-state index contributed by atoms with van der Waals surface area (Å²) in [6, 6.07) is 19.3. The number of fused-ring (bicyclic) bond motifs is 2. The van der Waals surface area contributed by atoms with Gasteiger partial charge in [0.1, 0.15) is 0 Å². The average Bonchev–Trinajstić information content (AvgIpc) is 2.56. The van der Waals surface area contributed by atoms with Crippen LogP contribution in [-0.2, 0) is 16.1 Å². The van der Waals surface area contributed by atoms with Crippen LogP contribution in [-0.4, -0.2) is 19.8 Å². The molecule has 3 aromatic carbocycles. The van der Waals surface area contributed by atoms with Gasteiger partial charge in [0, 0.05) is 6.61 Å². The zero-order valence-electron chi connectivity index (χ0n) is 13.9. The molecule has 0 N–H and O–H groups in total. The number of benzene rings is 3. The standard InChI is InChI=1S/C21H24O2/c1-16(2)14-22-11-12-23-15-21-19-9-5-3-7-17(19)13-18-8-4-6-10-20(18)21/h3-10,13,16H,11-12,14-15H2,1-2H3. The molecule has 0 radical (unpaired) electrons. The van der Waals surface area contributed by atoms with Gasteiger partial charge in [-0.15, -0.1) is 0 Å². The van der Waals surface area contributed by atoms with Gasteiger partial charge in [0.15, 0.2) is 0 Å². The van der Waals surface area contributed by atoms with Gasteiger partial charge in [-0.2, -0.15) is 0 Å². The molecule has 0 saturated heterocycles. The molecule has 0 unspecified atom stereocenters. The zero-order chi connectivity index (χ0) is 16.1. The van der Waals surface area contributed by atoms with Crippen molar-refractivity contribution in [2.24, 2.45) is 5.92 Å². The van der Waals surface area contributed by atoms with E-state index in [1.54, 1.807) is 0 Å². The van der Waals surface area contributed by atoms with Crippen LogP contribution in [0.25, 0.3) is 21.5 Å². The Morgan fingerprint density at radius 3 is 1.96 bits per heavy atom. The van der Waals surface area contributed by atoms with Crippen LogP contribution in [0, 0.1) is 5.92 Å². The molecule has 0 amide bonds. The molecule has 0 aliphatic rings. The predicted molar refractivity (Wildman–Crippen MR) is 96.8 cm³/mol. The van der Waals surface area contributed by atoms with E-state index in [4.69, 9.17) is 9.47 Å². The highest BCUT2D eigenvalue weighted by Crippen LogP contribution is 2.28. The van der Waals surface area contributed by atoms with E-state index in [1.165, 1.54) is 27.1 Å². The fraction of sp³-hybridized carbons (Fsp3) is 0.333. The molecule has 0 fully saturated rings. The molecule has 0 heterocycles. The number of hydrogen-bond donors (Lipinski definition) is 0. The summed E-state index contributed by atoms with van der Waals surface area (Å²) in [6.07, 6.45) is 0. The third kappa shape index (κ3) is 3.90. The van der Waals surface area contributed by atoms with Gasteiger partial charge in [-0.05, 0) is 39.1 Å². The lowest BCUT2D eigenvalue weighted by molar-refractivity contribution is 0.0321. The van der Waals surface area contributed by atoms with Crippen LogP contribution < -0.4 is 0 Å². The van der Waals surface area contributed by atoms with Crippen LogP contribution in [0.5, 0.6) is 0 Å². The van der Waals surface area contributed by atoms with Crippen molar-refractivity contribution in [1.29, 1.82) is 0 Å². The zero-order valence-corrected chi connectivity index (χ0v) is 13.9. The molecule has 0 aliphatic carbocycles. The van der Waals surface area contributed by atoms with Crippen LogP contribution in [0.15, 0.2) is 54.6 Å². The topological polar surface area (TPSA) is 18.5 Å². The van der Waals surface area contributed by atoms with E-state index in [0.29, 0.717) is 25.7 Å². The van der Waals surface area contributed by atoms with Gasteiger partial charge >= 0.3 is 0 Å². The summed E-state index contributed by atoms with van der Waals surface area (Å²) in [7, 11) is 0. The molecular weight excluding hydrogens is 284 g/mol. The van der Waals surface area contributed by atoms with Crippen molar-refractivity contribution in [3.63, 3.8) is 0 Å². The highest BCUT2D eigenvalue weighted by molar-refractivity contribution is 6.02. The van der Waals surface area contributed by atoms with Gasteiger partial charge in [0.2, 0.25) is 0 Å². The smallest absolute Gasteiger partial charge is 0.0730 e. The van der Waals surface area contributed by atoms with E-state index in [0.717, 1.165) is 6.61 Å². The molecule has 0 aromatic heterocycles. The largest absolute Gasteiger partial charge is 0.379 e. The lowest BCUT2D eigenvalue weighted by atomic mass is 9.97. The van der Waals surface area contributed by atoms with E-state index in [9.17, 15) is 0 Å². The first kappa shape index (κ1) is 16.0. The Kier molecular flexibility index (Phi) is 5.27. The van der Waals surface area contributed by atoms with Crippen molar-refractivity contribution in [1.82, 2.24) is 0 Å². The Morgan fingerprint density at radius 2 is 1.35 bits per heavy atom. The van der Waals surface area contributed by atoms with Crippen LogP contribution in [0.2, 0.25) is 0 Å². The first-order valence-electron chi connectivity index (χ1n) is 8.30. The van der Waals surface area contributed by atoms with Crippen molar-refractivity contribution < 1.29 is 9.47 Å². The third-order valence-corrected chi connectivity index (χ3v) is 3.95. The lowest BCUT2D eigenvalue weighted by Crippen LogP contribution is -2.08.